The lowest BCUT2D eigenvalue weighted by Gasteiger charge is -2.40. The van der Waals surface area contributed by atoms with Gasteiger partial charge in [-0.2, -0.15) is 5.10 Å². The van der Waals surface area contributed by atoms with Crippen molar-refractivity contribution in [3.05, 3.63) is 53.8 Å². The summed E-state index contributed by atoms with van der Waals surface area (Å²) in [6.45, 7) is 11.1. The van der Waals surface area contributed by atoms with Crippen LogP contribution in [0.4, 0.5) is 30.8 Å². The summed E-state index contributed by atoms with van der Waals surface area (Å²) in [7, 11) is 0. The lowest BCUT2D eigenvalue weighted by molar-refractivity contribution is -0.134. The van der Waals surface area contributed by atoms with Gasteiger partial charge >= 0.3 is 6.03 Å². The highest BCUT2D eigenvalue weighted by Gasteiger charge is 2.38. The maximum absolute atomic E-state index is 15.2. The summed E-state index contributed by atoms with van der Waals surface area (Å²) >= 11 is 0. The predicted molar refractivity (Wildman–Crippen MR) is 245 cm³/mol. The van der Waals surface area contributed by atoms with Crippen LogP contribution in [-0.4, -0.2) is 145 Å². The van der Waals surface area contributed by atoms with Crippen LogP contribution in [0.5, 0.6) is 0 Å². The summed E-state index contributed by atoms with van der Waals surface area (Å²) in [5, 5.41) is 17.9. The molecular formula is C46H55F2N15O5. The number of nitrogens with zero attached hydrogens (tertiary/aromatic N) is 11. The van der Waals surface area contributed by atoms with Crippen molar-refractivity contribution in [3.63, 3.8) is 0 Å². The molecule has 1 atom stereocenters. The highest BCUT2D eigenvalue weighted by Crippen LogP contribution is 2.48. The Morgan fingerprint density at radius 2 is 1.59 bits per heavy atom. The molecule has 0 bridgehead atoms. The topological polar surface area (TPSA) is 239 Å². The van der Waals surface area contributed by atoms with E-state index in [1.165, 1.54) is 18.5 Å². The standard InChI is InChI=1S/C46H55F2N15O5/c1-46(2,3)63-43-36(41(49)53-24-54-43)37(57-63)38-35(40(68-58-38)26-4-5-26)42-50-18-27(19-51-42)28-22-62(23-28)45(67)52-20-34(65)60-10-8-25(9-11-60)21-59-12-14-61(15-13-59)39-30(47)16-29(17-31(39)48)55-32-6-7-33(64)56-44(32)66/h16-19,24-26,28,32,55H,4-15,20-23H2,1-3H3,(H,52,67)(H2,49,53,54)(H,56,64,66). The Morgan fingerprint density at radius 1 is 0.882 bits per heavy atom. The average molecular weight is 936 g/mol. The van der Waals surface area contributed by atoms with E-state index in [0.29, 0.717) is 97.8 Å². The van der Waals surface area contributed by atoms with Gasteiger partial charge < -0.3 is 35.6 Å². The van der Waals surface area contributed by atoms with Crippen LogP contribution in [0.3, 0.4) is 0 Å². The number of anilines is 3. The minimum absolute atomic E-state index is 0.0330. The fourth-order valence-electron chi connectivity index (χ4n) is 9.69. The first-order valence-electron chi connectivity index (χ1n) is 23.4. The Balaban J connectivity index is 0.669. The number of imide groups is 1. The minimum Gasteiger partial charge on any atom is -0.383 e. The highest BCUT2D eigenvalue weighted by molar-refractivity contribution is 6.02. The van der Waals surface area contributed by atoms with Gasteiger partial charge in [-0.25, -0.2) is 38.2 Å². The number of rotatable bonds is 11. The average Bonchev–Trinajstić information content (AvgIpc) is 3.91. The van der Waals surface area contributed by atoms with Crippen molar-refractivity contribution >= 4 is 52.0 Å². The summed E-state index contributed by atoms with van der Waals surface area (Å²) in [4.78, 5) is 75.6. The molecule has 5 aromatic rings. The number of piperazine rings is 1. The van der Waals surface area contributed by atoms with Crippen LogP contribution in [0.15, 0.2) is 35.4 Å². The number of hydrogen-bond donors (Lipinski definition) is 4. The first-order valence-corrected chi connectivity index (χ1v) is 23.4. The van der Waals surface area contributed by atoms with E-state index in [1.807, 2.05) is 25.5 Å². The van der Waals surface area contributed by atoms with Gasteiger partial charge in [0, 0.05) is 95.2 Å². The van der Waals surface area contributed by atoms with Gasteiger partial charge in [0.05, 0.1) is 23.0 Å². The van der Waals surface area contributed by atoms with E-state index in [-0.39, 0.29) is 66.3 Å². The number of nitrogens with two attached hydrogens (primary N) is 1. The molecule has 20 nitrogen and oxygen atoms in total. The molecule has 0 spiro atoms. The quantitative estimate of drug-likeness (QED) is 0.138. The maximum Gasteiger partial charge on any atom is 0.317 e. The monoisotopic (exact) mass is 935 g/mol. The third-order valence-corrected chi connectivity index (χ3v) is 13.7. The molecule has 68 heavy (non-hydrogen) atoms. The fourth-order valence-corrected chi connectivity index (χ4v) is 9.69. The Labute approximate surface area is 390 Å². The van der Waals surface area contributed by atoms with Crippen LogP contribution in [0.1, 0.15) is 82.5 Å². The van der Waals surface area contributed by atoms with Crippen LogP contribution in [0.2, 0.25) is 0 Å². The van der Waals surface area contributed by atoms with Crippen LogP contribution in [-0.2, 0) is 19.9 Å². The van der Waals surface area contributed by atoms with Gasteiger partial charge in [-0.15, -0.1) is 0 Å². The van der Waals surface area contributed by atoms with E-state index in [4.69, 9.17) is 25.3 Å². The largest absolute Gasteiger partial charge is 0.383 e. The highest BCUT2D eigenvalue weighted by atomic mass is 19.1. The van der Waals surface area contributed by atoms with Crippen molar-refractivity contribution in [3.8, 4) is 22.8 Å². The van der Waals surface area contributed by atoms with Crippen molar-refractivity contribution < 1.29 is 32.5 Å². The molecule has 10 rings (SSSR count). The number of halogens is 2. The molecule has 8 heterocycles. The number of amides is 5. The number of nitrogens with one attached hydrogen (secondary N) is 3. The summed E-state index contributed by atoms with van der Waals surface area (Å²) in [5.41, 5.74) is 9.18. The normalized spacial score (nSPS) is 19.9. The van der Waals surface area contributed by atoms with E-state index in [2.05, 4.69) is 36.0 Å². The van der Waals surface area contributed by atoms with E-state index in [1.54, 1.807) is 27.1 Å². The van der Waals surface area contributed by atoms with E-state index < -0.39 is 29.1 Å². The first kappa shape index (κ1) is 45.0. The smallest absolute Gasteiger partial charge is 0.317 e. The molecule has 0 radical (unpaired) electrons. The summed E-state index contributed by atoms with van der Waals surface area (Å²) in [6, 6.07) is 1.34. The minimum atomic E-state index is -0.743. The van der Waals surface area contributed by atoms with Gasteiger partial charge in [-0.05, 0) is 76.5 Å². The molecule has 4 aliphatic heterocycles. The second kappa shape index (κ2) is 18.0. The summed E-state index contributed by atoms with van der Waals surface area (Å²) < 4.78 is 38.2. The van der Waals surface area contributed by atoms with Crippen LogP contribution >= 0.6 is 0 Å². The number of urea groups is 1. The van der Waals surface area contributed by atoms with Gasteiger partial charge in [0.1, 0.15) is 35.3 Å². The molecule has 5 N–H and O–H groups in total. The Kier molecular flexibility index (Phi) is 11.9. The molecule has 5 fully saturated rings. The third-order valence-electron chi connectivity index (χ3n) is 13.7. The summed E-state index contributed by atoms with van der Waals surface area (Å²) in [5.74, 6) is -0.372. The molecule has 1 unspecified atom stereocenters. The van der Waals surface area contributed by atoms with E-state index in [0.717, 1.165) is 37.8 Å². The molecule has 4 saturated heterocycles. The van der Waals surface area contributed by atoms with Gasteiger partial charge in [0.2, 0.25) is 17.7 Å². The molecule has 1 saturated carbocycles. The second-order valence-electron chi connectivity index (χ2n) is 19.6. The van der Waals surface area contributed by atoms with Crippen molar-refractivity contribution in [1.29, 1.82) is 0 Å². The zero-order chi connectivity index (χ0) is 47.4. The van der Waals surface area contributed by atoms with E-state index in [9.17, 15) is 19.2 Å². The SMILES string of the molecule is CC(C)(C)n1nc(-c2noc(C3CC3)c2-c2ncc(C3CN(C(=O)NCC(=O)N4CCC(CN5CCN(c6c(F)cc(NC7CCC(=O)NC7=O)cc6F)CC5)CC4)C3)cn2)c2c(N)ncnc21. The van der Waals surface area contributed by atoms with Crippen molar-refractivity contribution in [2.75, 3.05) is 81.4 Å². The molecule has 4 aromatic heterocycles. The van der Waals surface area contributed by atoms with Crippen LogP contribution in [0, 0.1) is 17.6 Å². The number of nitrogen functional groups attached to an aromatic ring is 1. The van der Waals surface area contributed by atoms with Crippen LogP contribution in [0.25, 0.3) is 33.8 Å². The number of aromatic nitrogens is 7. The molecule has 5 aliphatic rings. The van der Waals surface area contributed by atoms with E-state index >= 15 is 8.78 Å². The Bertz CT molecular complexity index is 2730. The number of likely N-dealkylation sites (tertiary alicyclic amines) is 2. The number of carbonyl (C=O) groups is 4. The number of fused-ring (bicyclic) bond motifs is 1. The molecule has 1 aliphatic carbocycles. The van der Waals surface area contributed by atoms with Crippen molar-refractivity contribution in [1.82, 2.24) is 60.2 Å². The number of carbonyl (C=O) groups excluding carboxylic acids is 4. The molecule has 5 amide bonds. The number of hydrogen-bond acceptors (Lipinski definition) is 15. The number of piperidine rings is 2. The number of benzene rings is 1. The second-order valence-corrected chi connectivity index (χ2v) is 19.6. The zero-order valence-corrected chi connectivity index (χ0v) is 38.3. The zero-order valence-electron chi connectivity index (χ0n) is 38.3. The molecule has 1 aromatic carbocycles. The molecule has 358 valence electrons. The predicted octanol–water partition coefficient (Wildman–Crippen LogP) is 3.82. The molecular weight excluding hydrogens is 881 g/mol. The Morgan fingerprint density at radius 3 is 2.25 bits per heavy atom. The van der Waals surface area contributed by atoms with Crippen LogP contribution < -0.4 is 26.6 Å². The van der Waals surface area contributed by atoms with Gasteiger partial charge in [-0.3, -0.25) is 24.6 Å². The Hall–Kier alpha value is -6.84. The van der Waals surface area contributed by atoms with Gasteiger partial charge in [0.25, 0.3) is 0 Å². The first-order chi connectivity index (χ1) is 32.7. The van der Waals surface area contributed by atoms with Gasteiger partial charge in [0.15, 0.2) is 28.9 Å². The molecule has 22 heteroatoms. The lowest BCUT2D eigenvalue weighted by Crippen LogP contribution is -2.54. The maximum atomic E-state index is 15.2. The third kappa shape index (κ3) is 8.99. The van der Waals surface area contributed by atoms with Crippen molar-refractivity contribution in [2.24, 2.45) is 5.92 Å². The van der Waals surface area contributed by atoms with Gasteiger partial charge in [-0.1, -0.05) is 5.16 Å². The summed E-state index contributed by atoms with van der Waals surface area (Å²) in [6.07, 6.45) is 8.97. The van der Waals surface area contributed by atoms with Crippen molar-refractivity contribution in [2.45, 2.75) is 82.7 Å². The lowest BCUT2D eigenvalue weighted by atomic mass is 9.94. The fraction of sp³-hybridized carbons (Fsp3) is 0.522.